The standard InChI is InChI=1S/C14H14N4O2S/c1-8(19)16-10-4-2-3-9(5-10)13(20)18-14-17-11-6-15-7-12(11)21-14/h2-5,15H,6-7H2,1H3,(H,16,19)(H,17,18,20). The third-order valence-corrected chi connectivity index (χ3v) is 4.03. The highest BCUT2D eigenvalue weighted by molar-refractivity contribution is 7.15. The van der Waals surface area contributed by atoms with E-state index in [0.717, 1.165) is 23.7 Å². The van der Waals surface area contributed by atoms with Crippen LogP contribution in [0.1, 0.15) is 27.9 Å². The van der Waals surface area contributed by atoms with Crippen LogP contribution in [0.2, 0.25) is 0 Å². The molecule has 2 aromatic rings. The number of anilines is 2. The molecule has 0 bridgehead atoms. The first kappa shape index (κ1) is 13.7. The molecule has 0 spiro atoms. The lowest BCUT2D eigenvalue weighted by atomic mass is 10.2. The van der Waals surface area contributed by atoms with Crippen molar-refractivity contribution in [2.45, 2.75) is 20.0 Å². The first-order valence-electron chi connectivity index (χ1n) is 6.50. The highest BCUT2D eigenvalue weighted by Crippen LogP contribution is 2.26. The van der Waals surface area contributed by atoms with Gasteiger partial charge in [-0.1, -0.05) is 6.07 Å². The highest BCUT2D eigenvalue weighted by atomic mass is 32.1. The summed E-state index contributed by atoms with van der Waals surface area (Å²) < 4.78 is 0. The summed E-state index contributed by atoms with van der Waals surface area (Å²) in [4.78, 5) is 28.8. The van der Waals surface area contributed by atoms with Crippen molar-refractivity contribution in [2.75, 3.05) is 10.6 Å². The normalized spacial score (nSPS) is 12.8. The first-order valence-corrected chi connectivity index (χ1v) is 7.32. The largest absolute Gasteiger partial charge is 0.326 e. The zero-order chi connectivity index (χ0) is 14.8. The molecule has 3 N–H and O–H groups in total. The van der Waals surface area contributed by atoms with Crippen molar-refractivity contribution in [1.82, 2.24) is 10.3 Å². The average Bonchev–Trinajstić information content (AvgIpc) is 2.99. The van der Waals surface area contributed by atoms with Crippen molar-refractivity contribution in [3.63, 3.8) is 0 Å². The SMILES string of the molecule is CC(=O)Nc1cccc(C(=O)Nc2nc3c(s2)CNC3)c1. The molecule has 0 radical (unpaired) electrons. The average molecular weight is 302 g/mol. The maximum absolute atomic E-state index is 12.2. The number of rotatable bonds is 3. The number of aromatic nitrogens is 1. The van der Waals surface area contributed by atoms with Crippen LogP contribution < -0.4 is 16.0 Å². The number of hydrogen-bond donors (Lipinski definition) is 3. The van der Waals surface area contributed by atoms with Crippen molar-refractivity contribution in [3.05, 3.63) is 40.4 Å². The molecule has 0 aliphatic carbocycles. The van der Waals surface area contributed by atoms with E-state index in [1.54, 1.807) is 24.3 Å². The van der Waals surface area contributed by atoms with Crippen LogP contribution in [0.5, 0.6) is 0 Å². The minimum atomic E-state index is -0.234. The third-order valence-electron chi connectivity index (χ3n) is 3.02. The molecule has 7 heteroatoms. The summed E-state index contributed by atoms with van der Waals surface area (Å²) in [7, 11) is 0. The Hall–Kier alpha value is -2.25. The zero-order valence-corrected chi connectivity index (χ0v) is 12.2. The van der Waals surface area contributed by atoms with Crippen LogP contribution in [0.15, 0.2) is 24.3 Å². The van der Waals surface area contributed by atoms with Gasteiger partial charge in [0.1, 0.15) is 0 Å². The van der Waals surface area contributed by atoms with Gasteiger partial charge in [0.25, 0.3) is 5.91 Å². The fourth-order valence-corrected chi connectivity index (χ4v) is 3.06. The maximum Gasteiger partial charge on any atom is 0.257 e. The van der Waals surface area contributed by atoms with Crippen LogP contribution in [0.25, 0.3) is 0 Å². The molecule has 6 nitrogen and oxygen atoms in total. The van der Waals surface area contributed by atoms with E-state index < -0.39 is 0 Å². The summed E-state index contributed by atoms with van der Waals surface area (Å²) in [6.45, 7) is 2.98. The minimum absolute atomic E-state index is 0.170. The number of benzene rings is 1. The Kier molecular flexibility index (Phi) is 3.68. The fourth-order valence-electron chi connectivity index (χ4n) is 2.12. The van der Waals surface area contributed by atoms with Gasteiger partial charge in [0.2, 0.25) is 5.91 Å². The number of carbonyl (C=O) groups excluding carboxylic acids is 2. The monoisotopic (exact) mass is 302 g/mol. The van der Waals surface area contributed by atoms with E-state index in [-0.39, 0.29) is 11.8 Å². The predicted octanol–water partition coefficient (Wildman–Crippen LogP) is 1.96. The van der Waals surface area contributed by atoms with Gasteiger partial charge in [-0.25, -0.2) is 4.98 Å². The molecule has 1 aromatic carbocycles. The van der Waals surface area contributed by atoms with Crippen LogP contribution in [0.3, 0.4) is 0 Å². The van der Waals surface area contributed by atoms with Crippen LogP contribution in [-0.4, -0.2) is 16.8 Å². The van der Waals surface area contributed by atoms with Crippen LogP contribution in [0.4, 0.5) is 10.8 Å². The number of nitrogens with zero attached hydrogens (tertiary/aromatic N) is 1. The minimum Gasteiger partial charge on any atom is -0.326 e. The van der Waals surface area contributed by atoms with Gasteiger partial charge in [-0.3, -0.25) is 14.9 Å². The van der Waals surface area contributed by atoms with Gasteiger partial charge in [0, 0.05) is 36.1 Å². The number of hydrogen-bond acceptors (Lipinski definition) is 5. The highest BCUT2D eigenvalue weighted by Gasteiger charge is 2.17. The molecule has 1 aliphatic heterocycles. The topological polar surface area (TPSA) is 83.1 Å². The van der Waals surface area contributed by atoms with E-state index in [4.69, 9.17) is 0 Å². The molecule has 1 aliphatic rings. The Morgan fingerprint density at radius 1 is 1.29 bits per heavy atom. The van der Waals surface area contributed by atoms with Crippen molar-refractivity contribution < 1.29 is 9.59 Å². The van der Waals surface area contributed by atoms with Gasteiger partial charge in [0.15, 0.2) is 5.13 Å². The summed E-state index contributed by atoms with van der Waals surface area (Å²) in [6, 6.07) is 6.80. The number of amides is 2. The summed E-state index contributed by atoms with van der Waals surface area (Å²) in [5.41, 5.74) is 2.08. The Morgan fingerprint density at radius 2 is 2.14 bits per heavy atom. The lowest BCUT2D eigenvalue weighted by molar-refractivity contribution is -0.114. The number of fused-ring (bicyclic) bond motifs is 1. The van der Waals surface area contributed by atoms with E-state index in [9.17, 15) is 9.59 Å². The zero-order valence-electron chi connectivity index (χ0n) is 11.4. The van der Waals surface area contributed by atoms with E-state index in [0.29, 0.717) is 16.4 Å². The van der Waals surface area contributed by atoms with Crippen LogP contribution in [0, 0.1) is 0 Å². The third kappa shape index (κ3) is 3.09. The molecule has 0 saturated carbocycles. The molecule has 3 rings (SSSR count). The molecule has 21 heavy (non-hydrogen) atoms. The predicted molar refractivity (Wildman–Crippen MR) is 81.4 cm³/mol. The number of carbonyl (C=O) groups is 2. The van der Waals surface area contributed by atoms with Crippen molar-refractivity contribution >= 4 is 34.0 Å². The second-order valence-electron chi connectivity index (χ2n) is 4.71. The van der Waals surface area contributed by atoms with Crippen molar-refractivity contribution in [3.8, 4) is 0 Å². The van der Waals surface area contributed by atoms with Crippen LogP contribution >= 0.6 is 11.3 Å². The summed E-state index contributed by atoms with van der Waals surface area (Å²) in [6.07, 6.45) is 0. The molecular weight excluding hydrogens is 288 g/mol. The molecular formula is C14H14N4O2S. The smallest absolute Gasteiger partial charge is 0.257 e. The van der Waals surface area contributed by atoms with Gasteiger partial charge in [0.05, 0.1) is 5.69 Å². The Labute approximate surface area is 125 Å². The maximum atomic E-state index is 12.2. The Balaban J connectivity index is 1.73. The molecule has 0 atom stereocenters. The van der Waals surface area contributed by atoms with E-state index in [2.05, 4.69) is 20.9 Å². The molecule has 108 valence electrons. The fraction of sp³-hybridized carbons (Fsp3) is 0.214. The van der Waals surface area contributed by atoms with Crippen molar-refractivity contribution in [2.24, 2.45) is 0 Å². The summed E-state index contributed by atoms with van der Waals surface area (Å²) in [5.74, 6) is -0.404. The molecule has 1 aromatic heterocycles. The molecule has 0 saturated heterocycles. The van der Waals surface area contributed by atoms with Gasteiger partial charge < -0.3 is 10.6 Å². The van der Waals surface area contributed by atoms with Crippen LogP contribution in [-0.2, 0) is 17.9 Å². The Bertz CT molecular complexity index is 689. The number of thiazole rings is 1. The van der Waals surface area contributed by atoms with Gasteiger partial charge >= 0.3 is 0 Å². The molecule has 0 unspecified atom stereocenters. The first-order chi connectivity index (χ1) is 10.1. The van der Waals surface area contributed by atoms with E-state index in [1.807, 2.05) is 0 Å². The lowest BCUT2D eigenvalue weighted by Crippen LogP contribution is -2.13. The summed E-state index contributed by atoms with van der Waals surface area (Å²) in [5, 5.41) is 9.26. The lowest BCUT2D eigenvalue weighted by Gasteiger charge is -2.05. The molecule has 0 fully saturated rings. The van der Waals surface area contributed by atoms with Crippen molar-refractivity contribution in [1.29, 1.82) is 0 Å². The molecule has 2 heterocycles. The van der Waals surface area contributed by atoms with Gasteiger partial charge in [-0.2, -0.15) is 0 Å². The van der Waals surface area contributed by atoms with E-state index >= 15 is 0 Å². The second-order valence-corrected chi connectivity index (χ2v) is 5.79. The van der Waals surface area contributed by atoms with Gasteiger partial charge in [-0.05, 0) is 18.2 Å². The Morgan fingerprint density at radius 3 is 2.90 bits per heavy atom. The molecule has 2 amide bonds. The second kappa shape index (κ2) is 5.63. The quantitative estimate of drug-likeness (QED) is 0.809. The summed E-state index contributed by atoms with van der Waals surface area (Å²) >= 11 is 1.48. The number of nitrogens with one attached hydrogen (secondary N) is 3. The van der Waals surface area contributed by atoms with Gasteiger partial charge in [-0.15, -0.1) is 11.3 Å². The van der Waals surface area contributed by atoms with E-state index in [1.165, 1.54) is 18.3 Å².